The standard InChI is InChI=1S/C19H19N3O3/c1-13-10-15(11-14(2)17(13)12-25-19(23)24)20-18-8-9-22(21-18)16-6-4-3-5-7-16/h3-11H,12H2,1-2H3,(H,20,21)(H,23,24). The van der Waals surface area contributed by atoms with Crippen LogP contribution in [0.2, 0.25) is 0 Å². The van der Waals surface area contributed by atoms with Crippen molar-refractivity contribution in [3.8, 4) is 5.69 Å². The molecule has 6 nitrogen and oxygen atoms in total. The Labute approximate surface area is 145 Å². The van der Waals surface area contributed by atoms with E-state index in [1.807, 2.05) is 68.6 Å². The van der Waals surface area contributed by atoms with Crippen molar-refractivity contribution < 1.29 is 14.6 Å². The number of hydrogen-bond donors (Lipinski definition) is 2. The maximum atomic E-state index is 10.6. The lowest BCUT2D eigenvalue weighted by molar-refractivity contribution is 0.0851. The average Bonchev–Trinajstić information content (AvgIpc) is 3.03. The number of carboxylic acid groups (broad SMARTS) is 1. The number of aromatic nitrogens is 2. The van der Waals surface area contributed by atoms with Crippen molar-refractivity contribution in [2.45, 2.75) is 20.5 Å². The van der Waals surface area contributed by atoms with Crippen molar-refractivity contribution in [3.05, 3.63) is 71.4 Å². The topological polar surface area (TPSA) is 76.4 Å². The Balaban J connectivity index is 1.77. The van der Waals surface area contributed by atoms with Crippen LogP contribution in [-0.4, -0.2) is 21.0 Å². The lowest BCUT2D eigenvalue weighted by Gasteiger charge is -2.12. The Hall–Kier alpha value is -3.28. The van der Waals surface area contributed by atoms with E-state index in [1.54, 1.807) is 4.68 Å². The van der Waals surface area contributed by atoms with E-state index >= 15 is 0 Å². The van der Waals surface area contributed by atoms with Crippen LogP contribution >= 0.6 is 0 Å². The summed E-state index contributed by atoms with van der Waals surface area (Å²) in [6.45, 7) is 3.92. The largest absolute Gasteiger partial charge is 0.506 e. The molecule has 0 bridgehead atoms. The zero-order valence-electron chi connectivity index (χ0n) is 14.1. The van der Waals surface area contributed by atoms with Gasteiger partial charge in [0.25, 0.3) is 0 Å². The number of nitrogens with zero attached hydrogens (tertiary/aromatic N) is 2. The number of rotatable bonds is 5. The minimum Gasteiger partial charge on any atom is -0.450 e. The fraction of sp³-hybridized carbons (Fsp3) is 0.158. The summed E-state index contributed by atoms with van der Waals surface area (Å²) in [6, 6.07) is 15.7. The van der Waals surface area contributed by atoms with Crippen LogP contribution in [0.4, 0.5) is 16.3 Å². The molecule has 25 heavy (non-hydrogen) atoms. The third-order valence-corrected chi connectivity index (χ3v) is 3.92. The van der Waals surface area contributed by atoms with Gasteiger partial charge in [-0.3, -0.25) is 0 Å². The van der Waals surface area contributed by atoms with E-state index in [0.29, 0.717) is 0 Å². The van der Waals surface area contributed by atoms with Gasteiger partial charge < -0.3 is 15.2 Å². The van der Waals surface area contributed by atoms with Crippen LogP contribution in [0, 0.1) is 13.8 Å². The number of nitrogens with one attached hydrogen (secondary N) is 1. The van der Waals surface area contributed by atoms with E-state index in [1.165, 1.54) is 0 Å². The Morgan fingerprint density at radius 2 is 1.84 bits per heavy atom. The first kappa shape index (κ1) is 16.6. The summed E-state index contributed by atoms with van der Waals surface area (Å²) in [5.41, 5.74) is 4.69. The molecule has 1 aromatic heterocycles. The highest BCUT2D eigenvalue weighted by atomic mass is 16.7. The number of hydrogen-bond acceptors (Lipinski definition) is 4. The maximum Gasteiger partial charge on any atom is 0.506 e. The van der Waals surface area contributed by atoms with Crippen molar-refractivity contribution in [3.63, 3.8) is 0 Å². The molecule has 0 unspecified atom stereocenters. The molecule has 0 aliphatic heterocycles. The molecule has 0 spiro atoms. The van der Waals surface area contributed by atoms with E-state index in [-0.39, 0.29) is 6.61 Å². The Kier molecular flexibility index (Phi) is 4.70. The predicted molar refractivity (Wildman–Crippen MR) is 95.6 cm³/mol. The van der Waals surface area contributed by atoms with Gasteiger partial charge in [-0.1, -0.05) is 18.2 Å². The number of benzene rings is 2. The van der Waals surface area contributed by atoms with Gasteiger partial charge in [0.2, 0.25) is 0 Å². The van der Waals surface area contributed by atoms with E-state index < -0.39 is 6.16 Å². The lowest BCUT2D eigenvalue weighted by atomic mass is 10.0. The molecular formula is C19H19N3O3. The number of ether oxygens (including phenoxy) is 1. The normalized spacial score (nSPS) is 10.5. The first-order chi connectivity index (χ1) is 12.0. The van der Waals surface area contributed by atoms with Crippen molar-refractivity contribution in [1.29, 1.82) is 0 Å². The molecule has 0 saturated heterocycles. The van der Waals surface area contributed by atoms with Crippen LogP contribution in [0.5, 0.6) is 0 Å². The summed E-state index contributed by atoms with van der Waals surface area (Å²) in [5.74, 6) is 0.734. The third kappa shape index (κ3) is 3.98. The number of para-hydroxylation sites is 1. The van der Waals surface area contributed by atoms with Gasteiger partial charge in [0.15, 0.2) is 5.82 Å². The Morgan fingerprint density at radius 1 is 1.16 bits per heavy atom. The predicted octanol–water partition coefficient (Wildman–Crippen LogP) is 4.43. The molecule has 0 atom stereocenters. The van der Waals surface area contributed by atoms with Crippen molar-refractivity contribution in [2.24, 2.45) is 0 Å². The first-order valence-corrected chi connectivity index (χ1v) is 7.87. The third-order valence-electron chi connectivity index (χ3n) is 3.92. The Bertz CT molecular complexity index is 865. The zero-order valence-corrected chi connectivity index (χ0v) is 14.1. The van der Waals surface area contributed by atoms with Crippen LogP contribution in [0.25, 0.3) is 5.69 Å². The van der Waals surface area contributed by atoms with Crippen LogP contribution in [0.3, 0.4) is 0 Å². The summed E-state index contributed by atoms with van der Waals surface area (Å²) in [5, 5.41) is 16.5. The molecule has 0 amide bonds. The summed E-state index contributed by atoms with van der Waals surface area (Å²) in [7, 11) is 0. The molecule has 6 heteroatoms. The number of carbonyl (C=O) groups is 1. The van der Waals surface area contributed by atoms with Gasteiger partial charge >= 0.3 is 6.16 Å². The fourth-order valence-corrected chi connectivity index (χ4v) is 2.69. The van der Waals surface area contributed by atoms with Gasteiger partial charge in [-0.15, -0.1) is 0 Å². The molecular weight excluding hydrogens is 318 g/mol. The summed E-state index contributed by atoms with van der Waals surface area (Å²) in [4.78, 5) is 10.6. The van der Waals surface area contributed by atoms with Crippen LogP contribution in [0.15, 0.2) is 54.7 Å². The van der Waals surface area contributed by atoms with Gasteiger partial charge in [0, 0.05) is 18.0 Å². The minimum absolute atomic E-state index is 0.0515. The maximum absolute atomic E-state index is 10.6. The highest BCUT2D eigenvalue weighted by Crippen LogP contribution is 2.23. The summed E-state index contributed by atoms with van der Waals surface area (Å²) in [6.07, 6.45) is 0.624. The molecule has 2 aromatic carbocycles. The molecule has 0 aliphatic rings. The van der Waals surface area contributed by atoms with Crippen LogP contribution in [0.1, 0.15) is 16.7 Å². The molecule has 1 heterocycles. The van der Waals surface area contributed by atoms with Gasteiger partial charge in [0.05, 0.1) is 5.69 Å². The first-order valence-electron chi connectivity index (χ1n) is 7.87. The molecule has 0 saturated carbocycles. The molecule has 0 radical (unpaired) electrons. The van der Waals surface area contributed by atoms with Gasteiger partial charge in [-0.25, -0.2) is 9.48 Å². The van der Waals surface area contributed by atoms with E-state index in [4.69, 9.17) is 5.11 Å². The van der Waals surface area contributed by atoms with Crippen LogP contribution < -0.4 is 5.32 Å². The van der Waals surface area contributed by atoms with Crippen LogP contribution in [-0.2, 0) is 11.3 Å². The van der Waals surface area contributed by atoms with E-state index in [9.17, 15) is 4.79 Å². The van der Waals surface area contributed by atoms with Crippen molar-refractivity contribution >= 4 is 17.7 Å². The zero-order chi connectivity index (χ0) is 17.8. The molecule has 3 rings (SSSR count). The summed E-state index contributed by atoms with van der Waals surface area (Å²) < 4.78 is 6.48. The Morgan fingerprint density at radius 3 is 2.48 bits per heavy atom. The van der Waals surface area contributed by atoms with E-state index in [0.717, 1.165) is 33.9 Å². The quantitative estimate of drug-likeness (QED) is 0.674. The molecule has 0 fully saturated rings. The highest BCUT2D eigenvalue weighted by molar-refractivity contribution is 5.61. The highest BCUT2D eigenvalue weighted by Gasteiger charge is 2.09. The van der Waals surface area contributed by atoms with Gasteiger partial charge in [-0.2, -0.15) is 5.10 Å². The molecule has 2 N–H and O–H groups in total. The molecule has 3 aromatic rings. The average molecular weight is 337 g/mol. The lowest BCUT2D eigenvalue weighted by Crippen LogP contribution is -2.04. The SMILES string of the molecule is Cc1cc(Nc2ccn(-c3ccccc3)n2)cc(C)c1COC(=O)O. The monoisotopic (exact) mass is 337 g/mol. The van der Waals surface area contributed by atoms with Gasteiger partial charge in [0.1, 0.15) is 6.61 Å². The minimum atomic E-state index is -1.27. The summed E-state index contributed by atoms with van der Waals surface area (Å²) >= 11 is 0. The second-order valence-electron chi connectivity index (χ2n) is 5.75. The smallest absolute Gasteiger partial charge is 0.450 e. The molecule has 0 aliphatic carbocycles. The second kappa shape index (κ2) is 7.09. The van der Waals surface area contributed by atoms with Crippen molar-refractivity contribution in [1.82, 2.24) is 9.78 Å². The van der Waals surface area contributed by atoms with Crippen molar-refractivity contribution in [2.75, 3.05) is 5.32 Å². The molecule has 128 valence electrons. The van der Waals surface area contributed by atoms with Gasteiger partial charge in [-0.05, 0) is 54.8 Å². The number of anilines is 2. The van der Waals surface area contributed by atoms with E-state index in [2.05, 4.69) is 15.2 Å². The number of aryl methyl sites for hydroxylation is 2. The fourth-order valence-electron chi connectivity index (χ4n) is 2.69. The second-order valence-corrected chi connectivity index (χ2v) is 5.75.